The lowest BCUT2D eigenvalue weighted by Gasteiger charge is -2.38. The summed E-state index contributed by atoms with van der Waals surface area (Å²) in [6, 6.07) is 0.198. The van der Waals surface area contributed by atoms with Crippen LogP contribution in [0.2, 0.25) is 0 Å². The highest BCUT2D eigenvalue weighted by molar-refractivity contribution is 5.81. The standard InChI is InChI=1S/C15H29N3O2/c1-20-11-5-7-14(16)15(19)18-10-4-6-13(12-18)17-8-2-3-9-17/h13-14H,2-12,16H2,1H3. The van der Waals surface area contributed by atoms with E-state index in [4.69, 9.17) is 10.5 Å². The van der Waals surface area contributed by atoms with Gasteiger partial charge in [-0.3, -0.25) is 9.69 Å². The molecule has 0 radical (unpaired) electrons. The summed E-state index contributed by atoms with van der Waals surface area (Å²) in [5, 5.41) is 0. The molecular formula is C15H29N3O2. The van der Waals surface area contributed by atoms with Gasteiger partial charge in [-0.1, -0.05) is 0 Å². The molecular weight excluding hydrogens is 254 g/mol. The molecule has 5 nitrogen and oxygen atoms in total. The van der Waals surface area contributed by atoms with E-state index in [2.05, 4.69) is 4.90 Å². The van der Waals surface area contributed by atoms with Gasteiger partial charge in [0, 0.05) is 32.8 Å². The van der Waals surface area contributed by atoms with Crippen LogP contribution in [0.3, 0.4) is 0 Å². The molecule has 0 aromatic rings. The molecule has 5 heteroatoms. The van der Waals surface area contributed by atoms with Gasteiger partial charge in [0.25, 0.3) is 0 Å². The third kappa shape index (κ3) is 4.17. The summed E-state index contributed by atoms with van der Waals surface area (Å²) in [6.07, 6.45) is 6.52. The molecule has 1 amide bonds. The Hall–Kier alpha value is -0.650. The van der Waals surface area contributed by atoms with Crippen LogP contribution in [0.25, 0.3) is 0 Å². The van der Waals surface area contributed by atoms with Gasteiger partial charge < -0.3 is 15.4 Å². The number of nitrogens with zero attached hydrogens (tertiary/aromatic N) is 2. The largest absolute Gasteiger partial charge is 0.385 e. The fourth-order valence-electron chi connectivity index (χ4n) is 3.37. The Morgan fingerprint density at radius 1 is 1.30 bits per heavy atom. The monoisotopic (exact) mass is 283 g/mol. The molecule has 116 valence electrons. The summed E-state index contributed by atoms with van der Waals surface area (Å²) in [6.45, 7) is 4.83. The number of rotatable bonds is 6. The first kappa shape index (κ1) is 15.7. The van der Waals surface area contributed by atoms with Crippen molar-refractivity contribution in [2.45, 2.75) is 50.6 Å². The second-order valence-electron chi connectivity index (χ2n) is 6.06. The first-order valence-corrected chi connectivity index (χ1v) is 7.99. The number of carbonyl (C=O) groups is 1. The SMILES string of the molecule is COCCCC(N)C(=O)N1CCCC(N2CCCC2)C1. The fraction of sp³-hybridized carbons (Fsp3) is 0.933. The zero-order valence-corrected chi connectivity index (χ0v) is 12.7. The topological polar surface area (TPSA) is 58.8 Å². The van der Waals surface area contributed by atoms with Crippen molar-refractivity contribution in [3.05, 3.63) is 0 Å². The van der Waals surface area contributed by atoms with Crippen molar-refractivity contribution in [3.63, 3.8) is 0 Å². The second-order valence-corrected chi connectivity index (χ2v) is 6.06. The normalized spacial score (nSPS) is 25.9. The van der Waals surface area contributed by atoms with Crippen molar-refractivity contribution in [1.82, 2.24) is 9.80 Å². The second kappa shape index (κ2) is 7.96. The van der Waals surface area contributed by atoms with E-state index in [9.17, 15) is 4.79 Å². The minimum Gasteiger partial charge on any atom is -0.385 e. The van der Waals surface area contributed by atoms with Crippen LogP contribution in [0.5, 0.6) is 0 Å². The molecule has 2 unspecified atom stereocenters. The summed E-state index contributed by atoms with van der Waals surface area (Å²) in [4.78, 5) is 16.9. The van der Waals surface area contributed by atoms with Crippen LogP contribution < -0.4 is 5.73 Å². The number of carbonyl (C=O) groups excluding carboxylic acids is 1. The number of nitrogens with two attached hydrogens (primary N) is 1. The zero-order valence-electron chi connectivity index (χ0n) is 12.7. The number of hydrogen-bond donors (Lipinski definition) is 1. The summed E-state index contributed by atoms with van der Waals surface area (Å²) in [5.41, 5.74) is 6.03. The van der Waals surface area contributed by atoms with Crippen LogP contribution in [0, 0.1) is 0 Å². The maximum Gasteiger partial charge on any atom is 0.239 e. The van der Waals surface area contributed by atoms with E-state index >= 15 is 0 Å². The number of ether oxygens (including phenoxy) is 1. The molecule has 2 atom stereocenters. The molecule has 2 saturated heterocycles. The van der Waals surface area contributed by atoms with E-state index in [0.717, 1.165) is 32.4 Å². The third-order valence-electron chi connectivity index (χ3n) is 4.55. The van der Waals surface area contributed by atoms with Gasteiger partial charge in [-0.05, 0) is 51.6 Å². The van der Waals surface area contributed by atoms with Gasteiger partial charge in [0.15, 0.2) is 0 Å². The summed E-state index contributed by atoms with van der Waals surface area (Å²) in [5.74, 6) is 0.130. The van der Waals surface area contributed by atoms with Gasteiger partial charge in [0.1, 0.15) is 0 Å². The highest BCUT2D eigenvalue weighted by Gasteiger charge is 2.30. The van der Waals surface area contributed by atoms with Crippen LogP contribution in [-0.2, 0) is 9.53 Å². The highest BCUT2D eigenvalue weighted by atomic mass is 16.5. The Bertz CT molecular complexity index is 305. The third-order valence-corrected chi connectivity index (χ3v) is 4.55. The van der Waals surface area contributed by atoms with E-state index in [1.807, 2.05) is 4.90 Å². The number of methoxy groups -OCH3 is 1. The van der Waals surface area contributed by atoms with Gasteiger partial charge in [0.05, 0.1) is 6.04 Å². The van der Waals surface area contributed by atoms with Crippen molar-refractivity contribution in [2.75, 3.05) is 39.9 Å². The Kier molecular flexibility index (Phi) is 6.26. The van der Waals surface area contributed by atoms with Crippen molar-refractivity contribution in [1.29, 1.82) is 0 Å². The lowest BCUT2D eigenvalue weighted by molar-refractivity contribution is -0.134. The van der Waals surface area contributed by atoms with Crippen molar-refractivity contribution >= 4 is 5.91 Å². The van der Waals surface area contributed by atoms with Crippen molar-refractivity contribution in [3.8, 4) is 0 Å². The van der Waals surface area contributed by atoms with E-state index in [1.54, 1.807) is 7.11 Å². The van der Waals surface area contributed by atoms with Crippen LogP contribution in [0.1, 0.15) is 38.5 Å². The van der Waals surface area contributed by atoms with Crippen LogP contribution in [-0.4, -0.2) is 67.7 Å². The summed E-state index contributed by atoms with van der Waals surface area (Å²) < 4.78 is 5.01. The minimum atomic E-state index is -0.359. The van der Waals surface area contributed by atoms with Crippen LogP contribution in [0.4, 0.5) is 0 Å². The molecule has 0 aliphatic carbocycles. The minimum absolute atomic E-state index is 0.130. The van der Waals surface area contributed by atoms with Crippen LogP contribution >= 0.6 is 0 Å². The maximum absolute atomic E-state index is 12.4. The average Bonchev–Trinajstić information content (AvgIpc) is 3.01. The molecule has 0 aromatic carbocycles. The quantitative estimate of drug-likeness (QED) is 0.734. The number of likely N-dealkylation sites (tertiary alicyclic amines) is 2. The van der Waals surface area contributed by atoms with Gasteiger partial charge in [-0.2, -0.15) is 0 Å². The van der Waals surface area contributed by atoms with Gasteiger partial charge in [0.2, 0.25) is 5.91 Å². The lowest BCUT2D eigenvalue weighted by Crippen LogP contribution is -2.53. The predicted octanol–water partition coefficient (Wildman–Crippen LogP) is 0.827. The smallest absolute Gasteiger partial charge is 0.239 e. The predicted molar refractivity (Wildman–Crippen MR) is 79.5 cm³/mol. The molecule has 0 bridgehead atoms. The number of hydrogen-bond acceptors (Lipinski definition) is 4. The van der Waals surface area contributed by atoms with E-state index < -0.39 is 0 Å². The van der Waals surface area contributed by atoms with E-state index in [0.29, 0.717) is 12.6 Å². The molecule has 20 heavy (non-hydrogen) atoms. The number of piperidine rings is 1. The van der Waals surface area contributed by atoms with E-state index in [1.165, 1.54) is 32.4 Å². The Morgan fingerprint density at radius 3 is 2.75 bits per heavy atom. The summed E-state index contributed by atoms with van der Waals surface area (Å²) >= 11 is 0. The molecule has 2 aliphatic rings. The summed E-state index contributed by atoms with van der Waals surface area (Å²) in [7, 11) is 1.68. The van der Waals surface area contributed by atoms with Crippen LogP contribution in [0.15, 0.2) is 0 Å². The Labute approximate surface area is 122 Å². The molecule has 2 rings (SSSR count). The Balaban J connectivity index is 1.79. The molecule has 2 heterocycles. The number of amides is 1. The Morgan fingerprint density at radius 2 is 2.05 bits per heavy atom. The van der Waals surface area contributed by atoms with Gasteiger partial charge >= 0.3 is 0 Å². The zero-order chi connectivity index (χ0) is 14.4. The molecule has 2 N–H and O–H groups in total. The molecule has 2 aliphatic heterocycles. The lowest BCUT2D eigenvalue weighted by atomic mass is 10.0. The molecule has 2 fully saturated rings. The average molecular weight is 283 g/mol. The first-order chi connectivity index (χ1) is 9.72. The molecule has 0 aromatic heterocycles. The highest BCUT2D eigenvalue weighted by Crippen LogP contribution is 2.21. The van der Waals surface area contributed by atoms with Gasteiger partial charge in [-0.25, -0.2) is 0 Å². The van der Waals surface area contributed by atoms with E-state index in [-0.39, 0.29) is 11.9 Å². The molecule has 0 spiro atoms. The van der Waals surface area contributed by atoms with Crippen molar-refractivity contribution in [2.24, 2.45) is 5.73 Å². The maximum atomic E-state index is 12.4. The molecule has 0 saturated carbocycles. The van der Waals surface area contributed by atoms with Crippen molar-refractivity contribution < 1.29 is 9.53 Å². The first-order valence-electron chi connectivity index (χ1n) is 7.99. The fourth-order valence-corrected chi connectivity index (χ4v) is 3.37. The van der Waals surface area contributed by atoms with Gasteiger partial charge in [-0.15, -0.1) is 0 Å².